The van der Waals surface area contributed by atoms with Gasteiger partial charge in [-0.2, -0.15) is 0 Å². The summed E-state index contributed by atoms with van der Waals surface area (Å²) in [5.41, 5.74) is 0.201. The third kappa shape index (κ3) is 2.84. The van der Waals surface area contributed by atoms with Crippen molar-refractivity contribution in [3.63, 3.8) is 0 Å². The van der Waals surface area contributed by atoms with Crippen LogP contribution in [0, 0.1) is 5.82 Å². The Morgan fingerprint density at radius 2 is 2.11 bits per heavy atom. The van der Waals surface area contributed by atoms with E-state index in [1.807, 2.05) is 0 Å². The number of halogens is 2. The highest BCUT2D eigenvalue weighted by Crippen LogP contribution is 2.21. The summed E-state index contributed by atoms with van der Waals surface area (Å²) < 4.78 is 14.1. The van der Waals surface area contributed by atoms with Gasteiger partial charge in [0.05, 0.1) is 17.4 Å². The van der Waals surface area contributed by atoms with Crippen LogP contribution in [0.1, 0.15) is 10.4 Å². The lowest BCUT2D eigenvalue weighted by Gasteiger charge is -2.06. The van der Waals surface area contributed by atoms with Crippen molar-refractivity contribution in [2.45, 2.75) is 0 Å². The molecule has 0 atom stereocenters. The molecule has 4 nitrogen and oxygen atoms in total. The minimum Gasteiger partial charge on any atom is -0.506 e. The molecule has 18 heavy (non-hydrogen) atoms. The number of benzene rings is 1. The molecule has 0 radical (unpaired) electrons. The first-order chi connectivity index (χ1) is 8.56. The highest BCUT2D eigenvalue weighted by Gasteiger charge is 2.10. The maximum atomic E-state index is 13.4. The quantitative estimate of drug-likeness (QED) is 0.896. The second-order valence-electron chi connectivity index (χ2n) is 3.51. The van der Waals surface area contributed by atoms with Crippen molar-refractivity contribution >= 4 is 27.5 Å². The van der Waals surface area contributed by atoms with Crippen LogP contribution < -0.4 is 5.32 Å². The van der Waals surface area contributed by atoms with Gasteiger partial charge in [-0.3, -0.25) is 9.78 Å². The molecule has 0 fully saturated rings. The molecule has 2 aromatic rings. The fourth-order valence-corrected chi connectivity index (χ4v) is 1.70. The summed E-state index contributed by atoms with van der Waals surface area (Å²) in [4.78, 5) is 15.5. The van der Waals surface area contributed by atoms with Crippen molar-refractivity contribution in [3.05, 3.63) is 52.5 Å². The van der Waals surface area contributed by atoms with Crippen LogP contribution in [0.25, 0.3) is 0 Å². The Labute approximate surface area is 111 Å². The molecule has 0 saturated heterocycles. The number of amides is 1. The monoisotopic (exact) mass is 310 g/mol. The number of aromatic hydroxyl groups is 1. The summed E-state index contributed by atoms with van der Waals surface area (Å²) in [6, 6.07) is 5.46. The lowest BCUT2D eigenvalue weighted by atomic mass is 10.2. The molecule has 0 saturated carbocycles. The fourth-order valence-electron chi connectivity index (χ4n) is 1.34. The number of carbonyl (C=O) groups is 1. The van der Waals surface area contributed by atoms with Gasteiger partial charge in [-0.1, -0.05) is 15.9 Å². The molecular formula is C12H8BrFN2O2. The lowest BCUT2D eigenvalue weighted by Crippen LogP contribution is -2.13. The number of rotatable bonds is 2. The van der Waals surface area contributed by atoms with E-state index < -0.39 is 11.7 Å². The Kier molecular flexibility index (Phi) is 3.57. The average Bonchev–Trinajstić information content (AvgIpc) is 2.34. The zero-order valence-electron chi connectivity index (χ0n) is 9.02. The van der Waals surface area contributed by atoms with Gasteiger partial charge in [0.1, 0.15) is 11.6 Å². The van der Waals surface area contributed by atoms with Crippen LogP contribution in [-0.4, -0.2) is 16.0 Å². The van der Waals surface area contributed by atoms with Crippen molar-refractivity contribution in [1.29, 1.82) is 0 Å². The molecule has 1 aromatic heterocycles. The van der Waals surface area contributed by atoms with Gasteiger partial charge in [0.25, 0.3) is 5.91 Å². The molecule has 1 amide bonds. The normalized spacial score (nSPS) is 10.1. The van der Waals surface area contributed by atoms with Crippen molar-refractivity contribution in [2.24, 2.45) is 0 Å². The van der Waals surface area contributed by atoms with Crippen LogP contribution in [0.15, 0.2) is 41.1 Å². The fraction of sp³-hybridized carbons (Fsp3) is 0. The van der Waals surface area contributed by atoms with Crippen LogP contribution in [-0.2, 0) is 0 Å². The Hall–Kier alpha value is -1.95. The number of aromatic nitrogens is 1. The van der Waals surface area contributed by atoms with E-state index in [9.17, 15) is 14.3 Å². The van der Waals surface area contributed by atoms with E-state index in [1.165, 1.54) is 36.7 Å². The molecule has 0 bridgehead atoms. The van der Waals surface area contributed by atoms with Gasteiger partial charge >= 0.3 is 0 Å². The van der Waals surface area contributed by atoms with E-state index in [4.69, 9.17) is 0 Å². The Bertz CT molecular complexity index is 604. The van der Waals surface area contributed by atoms with Crippen LogP contribution in [0.5, 0.6) is 5.75 Å². The maximum Gasteiger partial charge on any atom is 0.257 e. The molecule has 0 unspecified atom stereocenters. The van der Waals surface area contributed by atoms with E-state index in [0.29, 0.717) is 4.47 Å². The number of carbonyl (C=O) groups excluding carboxylic acids is 1. The van der Waals surface area contributed by atoms with Gasteiger partial charge in [-0.15, -0.1) is 0 Å². The van der Waals surface area contributed by atoms with Crippen LogP contribution >= 0.6 is 15.9 Å². The third-order valence-corrected chi connectivity index (χ3v) is 2.66. The summed E-state index contributed by atoms with van der Waals surface area (Å²) in [7, 11) is 0. The number of pyridine rings is 1. The molecule has 0 aliphatic heterocycles. The highest BCUT2D eigenvalue weighted by atomic mass is 79.9. The van der Waals surface area contributed by atoms with Crippen molar-refractivity contribution in [2.75, 3.05) is 5.32 Å². The van der Waals surface area contributed by atoms with E-state index >= 15 is 0 Å². The molecule has 6 heteroatoms. The molecule has 2 rings (SSSR count). The second kappa shape index (κ2) is 5.14. The van der Waals surface area contributed by atoms with Crippen LogP contribution in [0.2, 0.25) is 0 Å². The van der Waals surface area contributed by atoms with Gasteiger partial charge < -0.3 is 10.4 Å². The molecular weight excluding hydrogens is 303 g/mol. The Morgan fingerprint density at radius 3 is 2.83 bits per heavy atom. The van der Waals surface area contributed by atoms with Gasteiger partial charge in [-0.05, 0) is 24.3 Å². The van der Waals surface area contributed by atoms with Crippen molar-refractivity contribution in [3.8, 4) is 5.75 Å². The number of nitrogens with one attached hydrogen (secondary N) is 1. The number of hydrogen-bond donors (Lipinski definition) is 2. The van der Waals surface area contributed by atoms with E-state index in [0.717, 1.165) is 0 Å². The maximum absolute atomic E-state index is 13.4. The minimum atomic E-state index is -0.546. The summed E-state index contributed by atoms with van der Waals surface area (Å²) in [5, 5.41) is 11.6. The zero-order valence-corrected chi connectivity index (χ0v) is 10.6. The Morgan fingerprint density at radius 1 is 1.33 bits per heavy atom. The highest BCUT2D eigenvalue weighted by molar-refractivity contribution is 9.10. The topological polar surface area (TPSA) is 62.2 Å². The largest absolute Gasteiger partial charge is 0.506 e. The third-order valence-electron chi connectivity index (χ3n) is 2.16. The summed E-state index contributed by atoms with van der Waals surface area (Å²) in [6.45, 7) is 0. The zero-order chi connectivity index (χ0) is 13.1. The average molecular weight is 311 g/mol. The SMILES string of the molecule is O=C(Nc1cc(Br)ccc1F)c1cncc(O)c1. The lowest BCUT2D eigenvalue weighted by molar-refractivity contribution is 0.102. The first-order valence-corrected chi connectivity index (χ1v) is 5.76. The minimum absolute atomic E-state index is 0.0534. The second-order valence-corrected chi connectivity index (χ2v) is 4.43. The van der Waals surface area contributed by atoms with Crippen LogP contribution in [0.4, 0.5) is 10.1 Å². The summed E-state index contributed by atoms with van der Waals surface area (Å²) in [6.07, 6.45) is 2.49. The van der Waals surface area contributed by atoms with Crippen LogP contribution in [0.3, 0.4) is 0 Å². The Balaban J connectivity index is 2.24. The van der Waals surface area contributed by atoms with E-state index in [2.05, 4.69) is 26.2 Å². The summed E-state index contributed by atoms with van der Waals surface area (Å²) in [5.74, 6) is -1.22. The smallest absolute Gasteiger partial charge is 0.257 e. The van der Waals surface area contributed by atoms with Gasteiger partial charge in [0, 0.05) is 10.7 Å². The molecule has 1 aromatic carbocycles. The first kappa shape index (κ1) is 12.5. The molecule has 2 N–H and O–H groups in total. The number of anilines is 1. The first-order valence-electron chi connectivity index (χ1n) is 4.96. The van der Waals surface area contributed by atoms with Gasteiger partial charge in [-0.25, -0.2) is 4.39 Å². The molecule has 0 spiro atoms. The molecule has 92 valence electrons. The predicted molar refractivity (Wildman–Crippen MR) is 68.0 cm³/mol. The standard InChI is InChI=1S/C12H8BrFN2O2/c13-8-1-2-10(14)11(4-8)16-12(18)7-3-9(17)6-15-5-7/h1-6,17H,(H,16,18). The van der Waals surface area contributed by atoms with Crippen molar-refractivity contribution in [1.82, 2.24) is 4.98 Å². The molecule has 1 heterocycles. The van der Waals surface area contributed by atoms with Gasteiger partial charge in [0.2, 0.25) is 0 Å². The van der Waals surface area contributed by atoms with E-state index in [1.54, 1.807) is 0 Å². The molecule has 0 aliphatic carbocycles. The molecule has 0 aliphatic rings. The number of nitrogens with zero attached hydrogens (tertiary/aromatic N) is 1. The van der Waals surface area contributed by atoms with Gasteiger partial charge in [0.15, 0.2) is 0 Å². The number of hydrogen-bond acceptors (Lipinski definition) is 3. The summed E-state index contributed by atoms with van der Waals surface area (Å²) >= 11 is 3.18. The predicted octanol–water partition coefficient (Wildman–Crippen LogP) is 2.94. The van der Waals surface area contributed by atoms with E-state index in [-0.39, 0.29) is 17.0 Å². The van der Waals surface area contributed by atoms with Crippen molar-refractivity contribution < 1.29 is 14.3 Å².